The first-order valence-electron chi connectivity index (χ1n) is 13.3. The Balaban J connectivity index is 1.86. The van der Waals surface area contributed by atoms with E-state index in [9.17, 15) is 50.5 Å². The molecule has 44 heavy (non-hydrogen) atoms. The van der Waals surface area contributed by atoms with E-state index in [-0.39, 0.29) is 53.8 Å². The maximum atomic E-state index is 14.0. The van der Waals surface area contributed by atoms with E-state index in [1.807, 2.05) is 0 Å². The Labute approximate surface area is 247 Å². The summed E-state index contributed by atoms with van der Waals surface area (Å²) in [5, 5.41) is 20.0. The summed E-state index contributed by atoms with van der Waals surface area (Å²) in [5.41, 5.74) is -5.45. The van der Waals surface area contributed by atoms with Gasteiger partial charge in [-0.1, -0.05) is 6.07 Å². The highest BCUT2D eigenvalue weighted by atomic mass is 19.4. The van der Waals surface area contributed by atoms with Crippen LogP contribution in [0.5, 0.6) is 0 Å². The molecule has 1 saturated heterocycles. The van der Waals surface area contributed by atoms with Gasteiger partial charge >= 0.3 is 12.4 Å². The number of carbonyl (C=O) groups is 2. The molecule has 1 fully saturated rings. The summed E-state index contributed by atoms with van der Waals surface area (Å²) in [4.78, 5) is 32.7. The molecule has 0 saturated carbocycles. The Morgan fingerprint density at radius 2 is 1.59 bits per heavy atom. The van der Waals surface area contributed by atoms with Gasteiger partial charge in [-0.25, -0.2) is 9.37 Å². The predicted molar refractivity (Wildman–Crippen MR) is 147 cm³/mol. The predicted octanol–water partition coefficient (Wildman–Crippen LogP) is 5.61. The minimum absolute atomic E-state index is 0.00449. The van der Waals surface area contributed by atoms with E-state index in [1.165, 1.54) is 39.2 Å². The quantitative estimate of drug-likeness (QED) is 0.261. The molecule has 7 nitrogen and oxygen atoms in total. The van der Waals surface area contributed by atoms with E-state index in [1.54, 1.807) is 4.90 Å². The summed E-state index contributed by atoms with van der Waals surface area (Å²) in [5.74, 6) is -1.42. The number of aliphatic hydroxyl groups is 2. The normalized spacial score (nSPS) is 17.6. The van der Waals surface area contributed by atoms with E-state index >= 15 is 0 Å². The minimum atomic E-state index is -5.13. The van der Waals surface area contributed by atoms with Crippen molar-refractivity contribution in [2.45, 2.75) is 50.2 Å². The lowest BCUT2D eigenvalue weighted by molar-refractivity contribution is -0.143. The third-order valence-corrected chi connectivity index (χ3v) is 7.71. The molecule has 1 aliphatic heterocycles. The van der Waals surface area contributed by atoms with E-state index < -0.39 is 58.3 Å². The molecule has 0 spiro atoms. The Morgan fingerprint density at radius 3 is 2.14 bits per heavy atom. The molecule has 3 aromatic rings. The SMILES string of the molecule is CN(C(=O)C(C)(C)c1cc(C(F)(F)F)cc(C(F)(F)F)c1)c1cnc(N2C[C@H](O)C[C@H]2CO)cc1-c1ccc(F)cc1C=O. The second-order valence-electron chi connectivity index (χ2n) is 11.1. The number of hydrogen-bond acceptors (Lipinski definition) is 6. The number of nitrogens with zero attached hydrogens (tertiary/aromatic N) is 3. The third kappa shape index (κ3) is 6.41. The fourth-order valence-corrected chi connectivity index (χ4v) is 5.27. The van der Waals surface area contributed by atoms with Gasteiger partial charge in [-0.3, -0.25) is 9.59 Å². The average molecular weight is 628 g/mol. The number of rotatable bonds is 7. The van der Waals surface area contributed by atoms with Crippen LogP contribution in [0, 0.1) is 5.82 Å². The van der Waals surface area contributed by atoms with Crippen LogP contribution in [-0.4, -0.2) is 59.7 Å². The highest BCUT2D eigenvalue weighted by Crippen LogP contribution is 2.41. The first-order valence-corrected chi connectivity index (χ1v) is 13.3. The monoisotopic (exact) mass is 627 g/mol. The number of amides is 1. The van der Waals surface area contributed by atoms with E-state index in [2.05, 4.69) is 4.98 Å². The van der Waals surface area contributed by atoms with Crippen molar-refractivity contribution in [1.82, 2.24) is 4.98 Å². The third-order valence-electron chi connectivity index (χ3n) is 7.71. The van der Waals surface area contributed by atoms with Gasteiger partial charge in [0.2, 0.25) is 5.91 Å². The maximum Gasteiger partial charge on any atom is 0.416 e. The van der Waals surface area contributed by atoms with Crippen LogP contribution in [0.4, 0.5) is 42.2 Å². The average Bonchev–Trinajstić information content (AvgIpc) is 3.35. The number of β-amino-alcohol motifs (C(OH)–C–C–N with tert-alkyl or cyclic N) is 1. The van der Waals surface area contributed by atoms with Crippen molar-refractivity contribution in [2.75, 3.05) is 30.0 Å². The van der Waals surface area contributed by atoms with Gasteiger partial charge in [-0.05, 0) is 67.8 Å². The van der Waals surface area contributed by atoms with Gasteiger partial charge < -0.3 is 20.0 Å². The molecule has 2 N–H and O–H groups in total. The number of hydrogen-bond donors (Lipinski definition) is 2. The number of aliphatic hydroxyl groups excluding tert-OH is 2. The maximum absolute atomic E-state index is 14.0. The zero-order valence-electron chi connectivity index (χ0n) is 23.7. The molecule has 2 aromatic carbocycles. The number of aromatic nitrogens is 1. The Hall–Kier alpha value is -4.04. The van der Waals surface area contributed by atoms with Crippen molar-refractivity contribution in [2.24, 2.45) is 0 Å². The van der Waals surface area contributed by atoms with Crippen molar-refractivity contribution in [3.05, 3.63) is 76.7 Å². The molecule has 2 atom stereocenters. The Kier molecular flexibility index (Phi) is 8.82. The number of carbonyl (C=O) groups excluding carboxylic acids is 2. The van der Waals surface area contributed by atoms with Crippen molar-refractivity contribution in [1.29, 1.82) is 0 Å². The summed E-state index contributed by atoms with van der Waals surface area (Å²) < 4.78 is 95.4. The van der Waals surface area contributed by atoms with Crippen LogP contribution >= 0.6 is 0 Å². The molecular weight excluding hydrogens is 599 g/mol. The molecule has 1 aromatic heterocycles. The van der Waals surface area contributed by atoms with E-state index in [0.717, 1.165) is 17.0 Å². The molecule has 2 heterocycles. The summed E-state index contributed by atoms with van der Waals surface area (Å²) in [6, 6.07) is 5.17. The van der Waals surface area contributed by atoms with Gasteiger partial charge in [0.25, 0.3) is 0 Å². The van der Waals surface area contributed by atoms with Gasteiger partial charge in [0.1, 0.15) is 11.6 Å². The van der Waals surface area contributed by atoms with Crippen LogP contribution in [0.2, 0.25) is 0 Å². The van der Waals surface area contributed by atoms with Gasteiger partial charge in [0, 0.05) is 24.7 Å². The number of benzene rings is 2. The van der Waals surface area contributed by atoms with Crippen LogP contribution in [0.1, 0.15) is 47.3 Å². The molecule has 0 aliphatic carbocycles. The van der Waals surface area contributed by atoms with Crippen molar-refractivity contribution in [3.63, 3.8) is 0 Å². The van der Waals surface area contributed by atoms with Gasteiger partial charge in [0.15, 0.2) is 6.29 Å². The lowest BCUT2D eigenvalue weighted by Gasteiger charge is -2.32. The molecule has 1 amide bonds. The first-order chi connectivity index (χ1) is 20.4. The Bertz CT molecular complexity index is 1540. The van der Waals surface area contributed by atoms with E-state index in [4.69, 9.17) is 0 Å². The van der Waals surface area contributed by atoms with Crippen LogP contribution in [0.15, 0.2) is 48.7 Å². The van der Waals surface area contributed by atoms with Crippen LogP contribution in [0.25, 0.3) is 11.1 Å². The topological polar surface area (TPSA) is 94.0 Å². The molecule has 1 aliphatic rings. The van der Waals surface area contributed by atoms with Crippen molar-refractivity contribution in [3.8, 4) is 11.1 Å². The summed E-state index contributed by atoms with van der Waals surface area (Å²) in [6.45, 7) is 2.12. The fourth-order valence-electron chi connectivity index (χ4n) is 5.27. The van der Waals surface area contributed by atoms with Crippen molar-refractivity contribution >= 4 is 23.7 Å². The van der Waals surface area contributed by atoms with Gasteiger partial charge in [-0.15, -0.1) is 0 Å². The van der Waals surface area contributed by atoms with Crippen LogP contribution in [0.3, 0.4) is 0 Å². The number of halogens is 7. The second-order valence-corrected chi connectivity index (χ2v) is 11.1. The smallest absolute Gasteiger partial charge is 0.394 e. The van der Waals surface area contributed by atoms with Crippen LogP contribution in [-0.2, 0) is 22.6 Å². The fraction of sp³-hybridized carbons (Fsp3) is 0.367. The molecule has 0 radical (unpaired) electrons. The largest absolute Gasteiger partial charge is 0.416 e. The molecule has 4 rings (SSSR count). The lowest BCUT2D eigenvalue weighted by atomic mass is 9.81. The second kappa shape index (κ2) is 11.8. The highest BCUT2D eigenvalue weighted by Gasteiger charge is 2.41. The number of anilines is 2. The van der Waals surface area contributed by atoms with Gasteiger partial charge in [0.05, 0.1) is 47.2 Å². The molecule has 0 unspecified atom stereocenters. The van der Waals surface area contributed by atoms with E-state index in [0.29, 0.717) is 18.4 Å². The number of aldehydes is 1. The zero-order valence-corrected chi connectivity index (χ0v) is 23.7. The standard InChI is InChI=1S/C30H28F7N3O4/c1-28(2,17-7-18(29(32,33)34)9-19(8-17)30(35,36)37)27(44)39(3)25-12-38-26(40-13-22(43)10-21(40)15-42)11-24(25)23-5-4-20(31)6-16(23)14-41/h4-9,11-12,14,21-22,42-43H,10,13,15H2,1-3H3/t21-,22+/m0/s1. The summed E-state index contributed by atoms with van der Waals surface area (Å²) in [6.07, 6.45) is -9.22. The summed E-state index contributed by atoms with van der Waals surface area (Å²) in [7, 11) is 1.24. The lowest BCUT2D eigenvalue weighted by Crippen LogP contribution is -2.42. The molecule has 236 valence electrons. The van der Waals surface area contributed by atoms with Crippen molar-refractivity contribution < 1.29 is 50.5 Å². The Morgan fingerprint density at radius 1 is 1.00 bits per heavy atom. The number of likely N-dealkylation sites (N-methyl/N-ethyl adjacent to an activating group) is 1. The zero-order chi connectivity index (χ0) is 32.8. The molecule has 14 heteroatoms. The number of pyridine rings is 1. The highest BCUT2D eigenvalue weighted by molar-refractivity contribution is 6.04. The molecule has 0 bridgehead atoms. The molecular formula is C30H28F7N3O4. The van der Waals surface area contributed by atoms with Crippen LogP contribution < -0.4 is 9.80 Å². The minimum Gasteiger partial charge on any atom is -0.394 e. The first kappa shape index (κ1) is 32.9. The summed E-state index contributed by atoms with van der Waals surface area (Å²) >= 11 is 0. The number of alkyl halides is 6. The van der Waals surface area contributed by atoms with Gasteiger partial charge in [-0.2, -0.15) is 26.3 Å².